The summed E-state index contributed by atoms with van der Waals surface area (Å²) >= 11 is 0. The first kappa shape index (κ1) is 15.8. The van der Waals surface area contributed by atoms with E-state index in [-0.39, 0.29) is 0 Å². The minimum atomic E-state index is 0.720. The van der Waals surface area contributed by atoms with Gasteiger partial charge in [0, 0.05) is 17.0 Å². The van der Waals surface area contributed by atoms with E-state index in [4.69, 9.17) is 10.1 Å². The van der Waals surface area contributed by atoms with Crippen LogP contribution in [0.4, 0.5) is 0 Å². The highest BCUT2D eigenvalue weighted by Crippen LogP contribution is 2.25. The van der Waals surface area contributed by atoms with Crippen LogP contribution in [-0.4, -0.2) is 24.5 Å². The number of hydrogen-bond acceptors (Lipinski definition) is 3. The summed E-state index contributed by atoms with van der Waals surface area (Å²) in [5, 5.41) is 11.5. The van der Waals surface area contributed by atoms with Crippen LogP contribution in [0.3, 0.4) is 0 Å². The maximum absolute atomic E-state index is 4.83. The van der Waals surface area contributed by atoms with Crippen LogP contribution in [0.15, 0.2) is 60.8 Å². The summed E-state index contributed by atoms with van der Waals surface area (Å²) < 4.78 is 3.79. The van der Waals surface area contributed by atoms with Gasteiger partial charge in [-0.2, -0.15) is 5.10 Å². The minimum Gasteiger partial charge on any atom is -0.238 e. The van der Waals surface area contributed by atoms with E-state index >= 15 is 0 Å². The number of nitrogens with zero attached hydrogens (tertiary/aromatic N) is 5. The number of fused-ring (bicyclic) bond motifs is 2. The fraction of sp³-hybridized carbons (Fsp3) is 0.136. The van der Waals surface area contributed by atoms with Crippen molar-refractivity contribution in [2.75, 3.05) is 0 Å². The smallest absolute Gasteiger partial charge is 0.183 e. The topological polar surface area (TPSA) is 48.5 Å². The average molecular weight is 353 g/mol. The Morgan fingerprint density at radius 2 is 1.59 bits per heavy atom. The molecule has 0 aliphatic rings. The standard InChI is InChI=1S/C22H19N5/c1-14-9-10-19(11-15(14)2)26-13-17-12-20-16(3)24-27(18-7-5-4-6-8-18)22(20)23-21(17)25-26/h4-13H,1-3H3. The second-order valence-corrected chi connectivity index (χ2v) is 6.95. The Bertz CT molecular complexity index is 1300. The molecule has 0 bridgehead atoms. The van der Waals surface area contributed by atoms with Crippen molar-refractivity contribution in [3.63, 3.8) is 0 Å². The highest BCUT2D eigenvalue weighted by molar-refractivity contribution is 5.91. The van der Waals surface area contributed by atoms with Crippen LogP contribution in [0.25, 0.3) is 33.4 Å². The zero-order valence-electron chi connectivity index (χ0n) is 15.5. The van der Waals surface area contributed by atoms with Gasteiger partial charge in [0.05, 0.1) is 17.1 Å². The number of aromatic nitrogens is 5. The van der Waals surface area contributed by atoms with Crippen molar-refractivity contribution in [2.45, 2.75) is 20.8 Å². The lowest BCUT2D eigenvalue weighted by Gasteiger charge is -2.04. The predicted molar refractivity (Wildman–Crippen MR) is 108 cm³/mol. The SMILES string of the molecule is Cc1ccc(-n2cc3cc4c(C)nn(-c5ccccc5)c4nc3n2)cc1C. The highest BCUT2D eigenvalue weighted by Gasteiger charge is 2.14. The molecule has 5 rings (SSSR count). The number of benzene rings is 2. The lowest BCUT2D eigenvalue weighted by molar-refractivity contribution is 0.870. The molecule has 27 heavy (non-hydrogen) atoms. The second kappa shape index (κ2) is 5.77. The van der Waals surface area contributed by atoms with Gasteiger partial charge in [-0.05, 0) is 62.2 Å². The molecular formula is C22H19N5. The highest BCUT2D eigenvalue weighted by atomic mass is 15.3. The van der Waals surface area contributed by atoms with Gasteiger partial charge in [0.25, 0.3) is 0 Å². The molecule has 0 saturated carbocycles. The van der Waals surface area contributed by atoms with Crippen LogP contribution in [-0.2, 0) is 0 Å². The van der Waals surface area contributed by atoms with Gasteiger partial charge in [-0.3, -0.25) is 0 Å². The molecule has 0 aliphatic heterocycles. The Balaban J connectivity index is 1.72. The average Bonchev–Trinajstić information content (AvgIpc) is 3.24. The number of hydrogen-bond donors (Lipinski definition) is 0. The maximum atomic E-state index is 4.83. The minimum absolute atomic E-state index is 0.720. The molecule has 132 valence electrons. The van der Waals surface area contributed by atoms with Crippen molar-refractivity contribution >= 4 is 22.1 Å². The van der Waals surface area contributed by atoms with Gasteiger partial charge in [-0.15, -0.1) is 5.10 Å². The van der Waals surface area contributed by atoms with Gasteiger partial charge in [-0.1, -0.05) is 24.3 Å². The van der Waals surface area contributed by atoms with Gasteiger partial charge in [0.15, 0.2) is 11.3 Å². The van der Waals surface area contributed by atoms with Crippen molar-refractivity contribution in [2.24, 2.45) is 0 Å². The van der Waals surface area contributed by atoms with Gasteiger partial charge >= 0.3 is 0 Å². The Morgan fingerprint density at radius 3 is 2.37 bits per heavy atom. The lowest BCUT2D eigenvalue weighted by Crippen LogP contribution is -1.98. The Hall–Kier alpha value is -3.47. The summed E-state index contributed by atoms with van der Waals surface area (Å²) in [4.78, 5) is 4.83. The normalized spacial score (nSPS) is 11.5. The van der Waals surface area contributed by atoms with Crippen LogP contribution in [0.2, 0.25) is 0 Å². The van der Waals surface area contributed by atoms with Gasteiger partial charge in [0.2, 0.25) is 0 Å². The van der Waals surface area contributed by atoms with Crippen molar-refractivity contribution in [1.29, 1.82) is 0 Å². The van der Waals surface area contributed by atoms with E-state index in [9.17, 15) is 0 Å². The molecule has 0 amide bonds. The molecule has 0 radical (unpaired) electrons. The molecule has 0 N–H and O–H groups in total. The van der Waals surface area contributed by atoms with E-state index in [0.29, 0.717) is 0 Å². The fourth-order valence-electron chi connectivity index (χ4n) is 3.38. The van der Waals surface area contributed by atoms with Crippen molar-refractivity contribution in [1.82, 2.24) is 24.5 Å². The summed E-state index contributed by atoms with van der Waals surface area (Å²) in [6.45, 7) is 6.25. The molecule has 5 heteroatoms. The van der Waals surface area contributed by atoms with Gasteiger partial charge in [-0.25, -0.2) is 14.3 Å². The Labute approximate surface area is 156 Å². The molecular weight excluding hydrogens is 334 g/mol. The molecule has 5 nitrogen and oxygen atoms in total. The van der Waals surface area contributed by atoms with Crippen molar-refractivity contribution in [3.05, 3.63) is 77.6 Å². The lowest BCUT2D eigenvalue weighted by atomic mass is 10.1. The third-order valence-electron chi connectivity index (χ3n) is 5.07. The third kappa shape index (κ3) is 2.51. The summed E-state index contributed by atoms with van der Waals surface area (Å²) in [7, 11) is 0. The van der Waals surface area contributed by atoms with Gasteiger partial charge < -0.3 is 0 Å². The molecule has 0 saturated heterocycles. The molecule has 2 aromatic carbocycles. The van der Waals surface area contributed by atoms with E-state index in [1.807, 2.05) is 52.8 Å². The Kier molecular flexibility index (Phi) is 3.37. The number of pyridine rings is 1. The number of para-hydroxylation sites is 1. The van der Waals surface area contributed by atoms with E-state index in [1.54, 1.807) is 0 Å². The van der Waals surface area contributed by atoms with Gasteiger partial charge in [0.1, 0.15) is 0 Å². The second-order valence-electron chi connectivity index (χ2n) is 6.95. The van der Waals surface area contributed by atoms with Crippen LogP contribution < -0.4 is 0 Å². The molecule has 0 spiro atoms. The maximum Gasteiger partial charge on any atom is 0.183 e. The Morgan fingerprint density at radius 1 is 0.778 bits per heavy atom. The first-order chi connectivity index (χ1) is 13.1. The van der Waals surface area contributed by atoms with E-state index in [2.05, 4.69) is 43.2 Å². The zero-order chi connectivity index (χ0) is 18.5. The molecule has 0 aliphatic carbocycles. The zero-order valence-corrected chi connectivity index (χ0v) is 15.5. The summed E-state index contributed by atoms with van der Waals surface area (Å²) in [5.74, 6) is 0. The van der Waals surface area contributed by atoms with E-state index < -0.39 is 0 Å². The summed E-state index contributed by atoms with van der Waals surface area (Å²) in [5.41, 5.74) is 7.08. The largest absolute Gasteiger partial charge is 0.238 e. The molecule has 0 atom stereocenters. The number of aryl methyl sites for hydroxylation is 3. The first-order valence-corrected chi connectivity index (χ1v) is 8.99. The molecule has 5 aromatic rings. The molecule has 0 fully saturated rings. The third-order valence-corrected chi connectivity index (χ3v) is 5.07. The van der Waals surface area contributed by atoms with E-state index in [0.717, 1.165) is 39.1 Å². The summed E-state index contributed by atoms with van der Waals surface area (Å²) in [6, 6.07) is 18.6. The van der Waals surface area contributed by atoms with Crippen molar-refractivity contribution < 1.29 is 0 Å². The molecule has 3 aromatic heterocycles. The van der Waals surface area contributed by atoms with Crippen LogP contribution in [0, 0.1) is 20.8 Å². The van der Waals surface area contributed by atoms with Crippen LogP contribution >= 0.6 is 0 Å². The quantitative estimate of drug-likeness (QED) is 0.463. The monoisotopic (exact) mass is 353 g/mol. The van der Waals surface area contributed by atoms with E-state index in [1.165, 1.54) is 11.1 Å². The van der Waals surface area contributed by atoms with Crippen LogP contribution in [0.1, 0.15) is 16.8 Å². The first-order valence-electron chi connectivity index (χ1n) is 8.99. The molecule has 3 heterocycles. The van der Waals surface area contributed by atoms with Crippen molar-refractivity contribution in [3.8, 4) is 11.4 Å². The number of rotatable bonds is 2. The predicted octanol–water partition coefficient (Wildman–Crippen LogP) is 4.68. The molecule has 0 unspecified atom stereocenters. The fourth-order valence-corrected chi connectivity index (χ4v) is 3.38. The van der Waals surface area contributed by atoms with Crippen LogP contribution in [0.5, 0.6) is 0 Å². The summed E-state index contributed by atoms with van der Waals surface area (Å²) in [6.07, 6.45) is 2.03.